The molecule has 1 heterocycles. The highest BCUT2D eigenvalue weighted by Crippen LogP contribution is 2.17. The van der Waals surface area contributed by atoms with Crippen molar-refractivity contribution >= 4 is 18.0 Å². The first-order valence-electron chi connectivity index (χ1n) is 23.5. The van der Waals surface area contributed by atoms with E-state index in [-0.39, 0.29) is 37.8 Å². The average Bonchev–Trinajstić information content (AvgIpc) is 3.16. The molecule has 1 unspecified atom stereocenters. The second kappa shape index (κ2) is 37.7. The van der Waals surface area contributed by atoms with Crippen molar-refractivity contribution in [2.75, 3.05) is 46.5 Å². The lowest BCUT2D eigenvalue weighted by atomic mass is 10.0. The molecule has 0 radical (unpaired) electrons. The lowest BCUT2D eigenvalue weighted by Crippen LogP contribution is -2.60. The van der Waals surface area contributed by atoms with Crippen LogP contribution in [0.25, 0.3) is 0 Å². The summed E-state index contributed by atoms with van der Waals surface area (Å²) in [7, 11) is 1.69. The third-order valence-electron chi connectivity index (χ3n) is 11.3. The Morgan fingerprint density at radius 3 is 1.27 bits per heavy atom. The first kappa shape index (κ1) is 51.1. The van der Waals surface area contributed by atoms with Crippen LogP contribution in [0.15, 0.2) is 0 Å². The van der Waals surface area contributed by atoms with E-state index in [1.54, 1.807) is 11.9 Å². The zero-order chi connectivity index (χ0) is 40.0. The number of β-amino-alcohol motifs (C(OH)–C–C–N with tert-alkyl or cyclic N) is 1. The number of carbonyl (C=O) groups excluding carboxylic acids is 3. The highest BCUT2D eigenvalue weighted by molar-refractivity contribution is 5.70. The minimum absolute atomic E-state index is 0.0119. The van der Waals surface area contributed by atoms with Crippen LogP contribution >= 0.6 is 0 Å². The molecule has 0 aromatic heterocycles. The Labute approximate surface area is 338 Å². The average molecular weight is 781 g/mol. The molecule has 1 aliphatic heterocycles. The minimum Gasteiger partial charge on any atom is -0.462 e. The zero-order valence-electron chi connectivity index (χ0n) is 36.3. The molecule has 1 rings (SSSR count). The van der Waals surface area contributed by atoms with Gasteiger partial charge in [-0.05, 0) is 12.8 Å². The van der Waals surface area contributed by atoms with E-state index in [2.05, 4.69) is 18.7 Å². The lowest BCUT2D eigenvalue weighted by molar-refractivity contribution is -0.161. The summed E-state index contributed by atoms with van der Waals surface area (Å²) >= 11 is 0. The first-order valence-corrected chi connectivity index (χ1v) is 23.5. The number of esters is 2. The van der Waals surface area contributed by atoms with Gasteiger partial charge in [0.2, 0.25) is 0 Å². The van der Waals surface area contributed by atoms with Gasteiger partial charge in [-0.3, -0.25) is 14.5 Å². The molecule has 1 aliphatic rings. The van der Waals surface area contributed by atoms with Crippen molar-refractivity contribution in [3.8, 4) is 0 Å². The highest BCUT2D eigenvalue weighted by atomic mass is 16.6. The van der Waals surface area contributed by atoms with E-state index in [1.165, 1.54) is 154 Å². The number of aliphatic hydroxyl groups is 1. The van der Waals surface area contributed by atoms with E-state index < -0.39 is 12.2 Å². The predicted molar refractivity (Wildman–Crippen MR) is 226 cm³/mol. The number of unbranched alkanes of at least 4 members (excludes halogenated alkanes) is 28. The third kappa shape index (κ3) is 30.9. The Morgan fingerprint density at radius 1 is 0.545 bits per heavy atom. The Morgan fingerprint density at radius 2 is 0.891 bits per heavy atom. The molecule has 1 amide bonds. The van der Waals surface area contributed by atoms with E-state index in [1.807, 2.05) is 0 Å². The van der Waals surface area contributed by atoms with Gasteiger partial charge in [0, 0.05) is 39.5 Å². The maximum Gasteiger partial charge on any atom is 0.409 e. The molecule has 9 heteroatoms. The van der Waals surface area contributed by atoms with Crippen LogP contribution in [0, 0.1) is 0 Å². The summed E-state index contributed by atoms with van der Waals surface area (Å²) in [6.45, 7) is 6.29. The van der Waals surface area contributed by atoms with Gasteiger partial charge in [0.1, 0.15) is 13.2 Å². The van der Waals surface area contributed by atoms with Gasteiger partial charge in [0.15, 0.2) is 6.10 Å². The summed E-state index contributed by atoms with van der Waals surface area (Å²) in [4.78, 5) is 41.7. The van der Waals surface area contributed by atoms with Crippen LogP contribution in [0.5, 0.6) is 0 Å². The highest BCUT2D eigenvalue weighted by Gasteiger charge is 2.33. The summed E-state index contributed by atoms with van der Waals surface area (Å²) in [5, 5.41) is 9.13. The van der Waals surface area contributed by atoms with Crippen LogP contribution in [0.1, 0.15) is 219 Å². The van der Waals surface area contributed by atoms with E-state index in [4.69, 9.17) is 19.3 Å². The largest absolute Gasteiger partial charge is 0.462 e. The van der Waals surface area contributed by atoms with Crippen molar-refractivity contribution in [1.29, 1.82) is 0 Å². The van der Waals surface area contributed by atoms with Crippen molar-refractivity contribution in [3.63, 3.8) is 0 Å². The van der Waals surface area contributed by atoms with Gasteiger partial charge in [0.05, 0.1) is 12.6 Å². The normalized spacial score (nSPS) is 13.7. The van der Waals surface area contributed by atoms with E-state index in [0.29, 0.717) is 32.5 Å². The van der Waals surface area contributed by atoms with Crippen LogP contribution in [-0.4, -0.2) is 91.6 Å². The first-order chi connectivity index (χ1) is 26.9. The number of hydrogen-bond donors (Lipinski definition) is 1. The standard InChI is InChI=1S/C46H88N2O7/c1-4-6-8-10-12-14-16-18-20-22-24-26-28-30-32-34-44(50)53-40-43(41-54-46(52)47(3)42-38-48(39-42)36-37-49)55-45(51)35-33-31-29-27-25-23-21-19-17-15-13-11-9-7-5-2/h42-43,49H,4-41H2,1-3H3. The maximum atomic E-state index is 12.8. The monoisotopic (exact) mass is 781 g/mol. The number of ether oxygens (including phenoxy) is 3. The third-order valence-corrected chi connectivity index (χ3v) is 11.3. The van der Waals surface area contributed by atoms with Crippen LogP contribution in [0.4, 0.5) is 4.79 Å². The quantitative estimate of drug-likeness (QED) is 0.0372. The Kier molecular flexibility index (Phi) is 35.1. The number of likely N-dealkylation sites (N-methyl/N-ethyl adjacent to an activating group) is 1. The molecule has 55 heavy (non-hydrogen) atoms. The van der Waals surface area contributed by atoms with Crippen molar-refractivity contribution in [2.45, 2.75) is 231 Å². The van der Waals surface area contributed by atoms with Gasteiger partial charge in [-0.2, -0.15) is 0 Å². The molecule has 9 nitrogen and oxygen atoms in total. The van der Waals surface area contributed by atoms with E-state index in [9.17, 15) is 14.4 Å². The van der Waals surface area contributed by atoms with Gasteiger partial charge < -0.3 is 24.2 Å². The number of aliphatic hydroxyl groups excluding tert-OH is 1. The maximum absolute atomic E-state index is 12.8. The smallest absolute Gasteiger partial charge is 0.409 e. The number of hydrogen-bond acceptors (Lipinski definition) is 8. The molecule has 0 saturated carbocycles. The molecule has 0 spiro atoms. The number of amides is 1. The predicted octanol–water partition coefficient (Wildman–Crippen LogP) is 11.7. The molecule has 1 N–H and O–H groups in total. The number of nitrogens with zero attached hydrogens (tertiary/aromatic N) is 2. The molecule has 1 saturated heterocycles. The molecule has 1 atom stereocenters. The molecule has 0 aliphatic carbocycles. The number of carbonyl (C=O) groups is 3. The second-order valence-corrected chi connectivity index (χ2v) is 16.5. The topological polar surface area (TPSA) is 106 Å². The van der Waals surface area contributed by atoms with Crippen molar-refractivity contribution in [1.82, 2.24) is 9.80 Å². The van der Waals surface area contributed by atoms with Crippen molar-refractivity contribution in [3.05, 3.63) is 0 Å². The zero-order valence-corrected chi connectivity index (χ0v) is 36.3. The van der Waals surface area contributed by atoms with Gasteiger partial charge in [-0.25, -0.2) is 4.79 Å². The van der Waals surface area contributed by atoms with E-state index in [0.717, 1.165) is 38.5 Å². The molecular weight excluding hydrogens is 693 g/mol. The summed E-state index contributed by atoms with van der Waals surface area (Å²) in [5.41, 5.74) is 0. The van der Waals surface area contributed by atoms with Gasteiger partial charge in [-0.1, -0.05) is 194 Å². The van der Waals surface area contributed by atoms with Crippen LogP contribution < -0.4 is 0 Å². The van der Waals surface area contributed by atoms with Crippen LogP contribution in [0.2, 0.25) is 0 Å². The second-order valence-electron chi connectivity index (χ2n) is 16.5. The lowest BCUT2D eigenvalue weighted by Gasteiger charge is -2.43. The summed E-state index contributed by atoms with van der Waals surface area (Å²) in [5.74, 6) is -0.652. The van der Waals surface area contributed by atoms with Crippen molar-refractivity contribution in [2.24, 2.45) is 0 Å². The summed E-state index contributed by atoms with van der Waals surface area (Å²) in [6.07, 6.45) is 37.3. The van der Waals surface area contributed by atoms with Gasteiger partial charge in [0.25, 0.3) is 0 Å². The Balaban J connectivity index is 2.25. The summed E-state index contributed by atoms with van der Waals surface area (Å²) < 4.78 is 16.7. The molecule has 1 fully saturated rings. The SMILES string of the molecule is CCCCCCCCCCCCCCCCCC(=O)OCC(COC(=O)N(C)C1CN(CCO)C1)OC(=O)CCCCCCCCCCCCCCCCC. The molecule has 0 aromatic carbocycles. The fraction of sp³-hybridized carbons (Fsp3) is 0.935. The Bertz CT molecular complexity index is 898. The Hall–Kier alpha value is -1.87. The fourth-order valence-electron chi connectivity index (χ4n) is 7.43. The van der Waals surface area contributed by atoms with Crippen LogP contribution in [-0.2, 0) is 23.8 Å². The summed E-state index contributed by atoms with van der Waals surface area (Å²) in [6, 6.07) is 0.0119. The van der Waals surface area contributed by atoms with Crippen LogP contribution in [0.3, 0.4) is 0 Å². The molecule has 0 aromatic rings. The number of likely N-dealkylation sites (tertiary alicyclic amines) is 1. The molecule has 0 bridgehead atoms. The molecule has 324 valence electrons. The molecular formula is C46H88N2O7. The van der Waals surface area contributed by atoms with Gasteiger partial charge >= 0.3 is 18.0 Å². The fourth-order valence-corrected chi connectivity index (χ4v) is 7.43. The van der Waals surface area contributed by atoms with Crippen molar-refractivity contribution < 1.29 is 33.7 Å². The van der Waals surface area contributed by atoms with E-state index >= 15 is 0 Å². The minimum atomic E-state index is -0.835. The number of rotatable bonds is 40. The van der Waals surface area contributed by atoms with Gasteiger partial charge in [-0.15, -0.1) is 0 Å².